The second kappa shape index (κ2) is 8.16. The summed E-state index contributed by atoms with van der Waals surface area (Å²) >= 11 is 0. The van der Waals surface area contributed by atoms with E-state index in [9.17, 15) is 18.0 Å². The van der Waals surface area contributed by atoms with Crippen LogP contribution in [-0.2, 0) is 11.2 Å². The summed E-state index contributed by atoms with van der Waals surface area (Å²) in [5.74, 6) is 0.729. The summed E-state index contributed by atoms with van der Waals surface area (Å²) in [6.07, 6.45) is -4.39. The molecule has 8 heteroatoms. The van der Waals surface area contributed by atoms with Crippen molar-refractivity contribution >= 4 is 11.6 Å². The fourth-order valence-electron chi connectivity index (χ4n) is 2.45. The Bertz CT molecular complexity index is 936. The van der Waals surface area contributed by atoms with Gasteiger partial charge >= 0.3 is 6.18 Å². The normalized spacial score (nSPS) is 11.3. The molecule has 1 amide bonds. The number of hydrogen-bond donors (Lipinski definition) is 1. The lowest BCUT2D eigenvalue weighted by Crippen LogP contribution is -2.19. The summed E-state index contributed by atoms with van der Waals surface area (Å²) in [5, 5.41) is 2.67. The number of nitrogens with zero attached hydrogens (tertiary/aromatic N) is 1. The number of alkyl halides is 3. The summed E-state index contributed by atoms with van der Waals surface area (Å²) in [4.78, 5) is 16.6. The number of rotatable bonds is 6. The minimum atomic E-state index is -4.40. The van der Waals surface area contributed by atoms with Crippen LogP contribution in [-0.4, -0.2) is 23.7 Å². The number of amides is 1. The standard InChI is InChI=1S/C20H17F3N2O3/c1-13-17(25-19(28-13)14-5-3-2-4-6-14)11-18(26)24-15-7-9-16(10-8-15)27-12-20(21,22)23/h2-10H,11-12H2,1H3,(H,24,26). The molecular weight excluding hydrogens is 373 g/mol. The lowest BCUT2D eigenvalue weighted by Gasteiger charge is -2.10. The van der Waals surface area contributed by atoms with E-state index in [1.165, 1.54) is 24.3 Å². The number of ether oxygens (including phenoxy) is 1. The van der Waals surface area contributed by atoms with Crippen molar-refractivity contribution in [2.24, 2.45) is 0 Å². The Labute approximate surface area is 159 Å². The average Bonchev–Trinajstić information content (AvgIpc) is 3.02. The Morgan fingerprint density at radius 1 is 1.11 bits per heavy atom. The van der Waals surface area contributed by atoms with Crippen LogP contribution in [0.5, 0.6) is 5.75 Å². The van der Waals surface area contributed by atoms with Crippen molar-refractivity contribution in [2.75, 3.05) is 11.9 Å². The predicted molar refractivity (Wildman–Crippen MR) is 97.0 cm³/mol. The number of aromatic nitrogens is 1. The molecule has 1 aromatic heterocycles. The van der Waals surface area contributed by atoms with Crippen LogP contribution in [0, 0.1) is 6.92 Å². The van der Waals surface area contributed by atoms with E-state index in [0.717, 1.165) is 5.56 Å². The molecule has 0 saturated carbocycles. The third-order valence-electron chi connectivity index (χ3n) is 3.78. The van der Waals surface area contributed by atoms with Gasteiger partial charge < -0.3 is 14.5 Å². The number of oxazole rings is 1. The molecule has 5 nitrogen and oxygen atoms in total. The Kier molecular flexibility index (Phi) is 5.67. The number of carbonyl (C=O) groups excluding carboxylic acids is 1. The van der Waals surface area contributed by atoms with Crippen LogP contribution in [0.2, 0.25) is 0 Å². The van der Waals surface area contributed by atoms with Gasteiger partial charge in [0.05, 0.1) is 12.1 Å². The molecule has 2 aromatic carbocycles. The average molecular weight is 390 g/mol. The molecule has 0 radical (unpaired) electrons. The number of anilines is 1. The molecule has 0 aliphatic heterocycles. The second-order valence-electron chi connectivity index (χ2n) is 6.04. The molecule has 0 aliphatic rings. The molecule has 1 N–H and O–H groups in total. The summed E-state index contributed by atoms with van der Waals surface area (Å²) in [6, 6.07) is 15.0. The van der Waals surface area contributed by atoms with Crippen LogP contribution in [0.15, 0.2) is 59.0 Å². The predicted octanol–water partition coefficient (Wildman–Crippen LogP) is 4.77. The Balaban J connectivity index is 1.59. The Hall–Kier alpha value is -3.29. The zero-order chi connectivity index (χ0) is 20.1. The van der Waals surface area contributed by atoms with Gasteiger partial charge in [-0.1, -0.05) is 18.2 Å². The molecule has 0 bridgehead atoms. The van der Waals surface area contributed by atoms with Crippen LogP contribution < -0.4 is 10.1 Å². The van der Waals surface area contributed by atoms with Gasteiger partial charge in [0.15, 0.2) is 6.61 Å². The molecule has 0 fully saturated rings. The van der Waals surface area contributed by atoms with E-state index in [1.807, 2.05) is 30.3 Å². The number of aryl methyl sites for hydroxylation is 1. The quantitative estimate of drug-likeness (QED) is 0.658. The van der Waals surface area contributed by atoms with Gasteiger partial charge in [0, 0.05) is 11.3 Å². The second-order valence-corrected chi connectivity index (χ2v) is 6.04. The van der Waals surface area contributed by atoms with Crippen LogP contribution in [0.1, 0.15) is 11.5 Å². The summed E-state index contributed by atoms with van der Waals surface area (Å²) in [6.45, 7) is 0.364. The van der Waals surface area contributed by atoms with Crippen molar-refractivity contribution < 1.29 is 27.1 Å². The zero-order valence-corrected chi connectivity index (χ0v) is 14.9. The highest BCUT2D eigenvalue weighted by Crippen LogP contribution is 2.23. The molecule has 28 heavy (non-hydrogen) atoms. The maximum Gasteiger partial charge on any atom is 0.422 e. The number of hydrogen-bond acceptors (Lipinski definition) is 4. The maximum absolute atomic E-state index is 12.2. The van der Waals surface area contributed by atoms with Crippen LogP contribution in [0.4, 0.5) is 18.9 Å². The fourth-order valence-corrected chi connectivity index (χ4v) is 2.45. The van der Waals surface area contributed by atoms with Gasteiger partial charge in [0.1, 0.15) is 11.5 Å². The molecule has 146 valence electrons. The first-order chi connectivity index (χ1) is 13.3. The topological polar surface area (TPSA) is 64.4 Å². The number of halogens is 3. The molecule has 3 aromatic rings. The first-order valence-electron chi connectivity index (χ1n) is 8.41. The van der Waals surface area contributed by atoms with Crippen molar-refractivity contribution in [3.63, 3.8) is 0 Å². The molecule has 0 spiro atoms. The minimum absolute atomic E-state index is 0.00842. The first kappa shape index (κ1) is 19.5. The smallest absolute Gasteiger partial charge is 0.422 e. The molecular formula is C20H17F3N2O3. The van der Waals surface area contributed by atoms with Gasteiger partial charge in [-0.3, -0.25) is 4.79 Å². The van der Waals surface area contributed by atoms with E-state index < -0.39 is 12.8 Å². The van der Waals surface area contributed by atoms with Crippen molar-refractivity contribution in [1.82, 2.24) is 4.98 Å². The third kappa shape index (κ3) is 5.35. The molecule has 0 unspecified atom stereocenters. The number of benzene rings is 2. The Morgan fingerprint density at radius 2 is 1.79 bits per heavy atom. The van der Waals surface area contributed by atoms with Gasteiger partial charge in [-0.05, 0) is 43.3 Å². The molecule has 0 aliphatic carbocycles. The van der Waals surface area contributed by atoms with Crippen molar-refractivity contribution in [2.45, 2.75) is 19.5 Å². The van der Waals surface area contributed by atoms with E-state index in [2.05, 4.69) is 15.0 Å². The summed E-state index contributed by atoms with van der Waals surface area (Å²) in [5.41, 5.74) is 1.77. The Morgan fingerprint density at radius 3 is 2.43 bits per heavy atom. The van der Waals surface area contributed by atoms with Gasteiger partial charge in [-0.25, -0.2) is 4.98 Å². The van der Waals surface area contributed by atoms with E-state index in [4.69, 9.17) is 4.42 Å². The van der Waals surface area contributed by atoms with Gasteiger partial charge in [-0.2, -0.15) is 13.2 Å². The highest BCUT2D eigenvalue weighted by molar-refractivity contribution is 5.92. The van der Waals surface area contributed by atoms with Crippen LogP contribution in [0.3, 0.4) is 0 Å². The van der Waals surface area contributed by atoms with Gasteiger partial charge in [0.25, 0.3) is 0 Å². The highest BCUT2D eigenvalue weighted by Gasteiger charge is 2.28. The molecule has 3 rings (SSSR count). The molecule has 0 atom stereocenters. The fraction of sp³-hybridized carbons (Fsp3) is 0.200. The summed E-state index contributed by atoms with van der Waals surface area (Å²) < 4.78 is 46.7. The molecule has 1 heterocycles. The van der Waals surface area contributed by atoms with E-state index in [0.29, 0.717) is 23.0 Å². The van der Waals surface area contributed by atoms with Crippen LogP contribution in [0.25, 0.3) is 11.5 Å². The highest BCUT2D eigenvalue weighted by atomic mass is 19.4. The monoisotopic (exact) mass is 390 g/mol. The lowest BCUT2D eigenvalue weighted by atomic mass is 10.2. The van der Waals surface area contributed by atoms with Gasteiger partial charge in [0.2, 0.25) is 11.8 Å². The van der Waals surface area contributed by atoms with E-state index in [1.54, 1.807) is 6.92 Å². The number of carbonyl (C=O) groups is 1. The van der Waals surface area contributed by atoms with E-state index in [-0.39, 0.29) is 18.1 Å². The van der Waals surface area contributed by atoms with Crippen molar-refractivity contribution in [3.8, 4) is 17.2 Å². The minimum Gasteiger partial charge on any atom is -0.484 e. The maximum atomic E-state index is 12.2. The van der Waals surface area contributed by atoms with Gasteiger partial charge in [-0.15, -0.1) is 0 Å². The summed E-state index contributed by atoms with van der Waals surface area (Å²) in [7, 11) is 0. The number of nitrogens with one attached hydrogen (secondary N) is 1. The van der Waals surface area contributed by atoms with Crippen LogP contribution >= 0.6 is 0 Å². The van der Waals surface area contributed by atoms with Crippen molar-refractivity contribution in [1.29, 1.82) is 0 Å². The third-order valence-corrected chi connectivity index (χ3v) is 3.78. The zero-order valence-electron chi connectivity index (χ0n) is 14.9. The molecule has 0 saturated heterocycles. The lowest BCUT2D eigenvalue weighted by molar-refractivity contribution is -0.153. The first-order valence-corrected chi connectivity index (χ1v) is 8.41. The van der Waals surface area contributed by atoms with E-state index >= 15 is 0 Å². The van der Waals surface area contributed by atoms with Crippen molar-refractivity contribution in [3.05, 3.63) is 66.1 Å². The largest absolute Gasteiger partial charge is 0.484 e. The SMILES string of the molecule is Cc1oc(-c2ccccc2)nc1CC(=O)Nc1ccc(OCC(F)(F)F)cc1.